The van der Waals surface area contributed by atoms with Gasteiger partial charge in [-0.15, -0.1) is 0 Å². The minimum absolute atomic E-state index is 0.100. The highest BCUT2D eigenvalue weighted by Crippen LogP contribution is 2.30. The molecule has 0 bridgehead atoms. The Bertz CT molecular complexity index is 1210. The largest absolute Gasteiger partial charge is 0.354 e. The Morgan fingerprint density at radius 2 is 1.76 bits per heavy atom. The summed E-state index contributed by atoms with van der Waals surface area (Å²) in [6.45, 7) is 2.90. The quantitative estimate of drug-likeness (QED) is 0.248. The Labute approximate surface area is 225 Å². The van der Waals surface area contributed by atoms with Crippen molar-refractivity contribution in [1.82, 2.24) is 20.9 Å². The lowest BCUT2D eigenvalue weighted by Crippen LogP contribution is -2.53. The fourth-order valence-corrected chi connectivity index (χ4v) is 5.26. The summed E-state index contributed by atoms with van der Waals surface area (Å²) in [5.41, 5.74) is 4.42. The first-order valence-corrected chi connectivity index (χ1v) is 14.0. The number of fused-ring (bicyclic) bond motifs is 1. The van der Waals surface area contributed by atoms with Gasteiger partial charge in [-0.2, -0.15) is 0 Å². The number of carbonyl (C=O) groups excluding carboxylic acids is 3. The molecule has 4 N–H and O–H groups in total. The second-order valence-electron chi connectivity index (χ2n) is 10.3. The lowest BCUT2D eigenvalue weighted by Gasteiger charge is -2.25. The smallest absolute Gasteiger partial charge is 0.242 e. The van der Waals surface area contributed by atoms with Crippen molar-refractivity contribution in [2.24, 2.45) is 0 Å². The van der Waals surface area contributed by atoms with E-state index < -0.39 is 6.04 Å². The van der Waals surface area contributed by atoms with Crippen LogP contribution in [0.15, 0.2) is 54.6 Å². The minimum atomic E-state index is -0.583. The predicted octanol–water partition coefficient (Wildman–Crippen LogP) is 4.66. The van der Waals surface area contributed by atoms with Crippen molar-refractivity contribution in [1.29, 1.82) is 0 Å². The number of H-pyrrole nitrogens is 1. The summed E-state index contributed by atoms with van der Waals surface area (Å²) in [7, 11) is 0. The minimum Gasteiger partial charge on any atom is -0.354 e. The third kappa shape index (κ3) is 7.54. The molecular weight excluding hydrogens is 476 g/mol. The lowest BCUT2D eigenvalue weighted by atomic mass is 10.0. The van der Waals surface area contributed by atoms with E-state index >= 15 is 0 Å². The van der Waals surface area contributed by atoms with E-state index in [1.54, 1.807) is 6.92 Å². The summed E-state index contributed by atoms with van der Waals surface area (Å²) < 4.78 is 0. The van der Waals surface area contributed by atoms with Gasteiger partial charge in [-0.25, -0.2) is 0 Å². The molecule has 1 unspecified atom stereocenters. The van der Waals surface area contributed by atoms with E-state index in [9.17, 15) is 14.4 Å². The topological polar surface area (TPSA) is 103 Å². The van der Waals surface area contributed by atoms with E-state index in [-0.39, 0.29) is 23.6 Å². The molecule has 1 aliphatic heterocycles. The zero-order chi connectivity index (χ0) is 26.7. The fraction of sp³-hybridized carbons (Fsp3) is 0.452. The molecule has 1 fully saturated rings. The third-order valence-corrected chi connectivity index (χ3v) is 7.33. The number of hydrogen-bond donors (Lipinski definition) is 4. The average Bonchev–Trinajstić information content (AvgIpc) is 3.31. The normalized spacial score (nSPS) is 16.2. The molecule has 202 valence electrons. The van der Waals surface area contributed by atoms with Crippen molar-refractivity contribution >= 4 is 28.5 Å². The van der Waals surface area contributed by atoms with Crippen LogP contribution in [0, 0.1) is 0 Å². The van der Waals surface area contributed by atoms with Crippen LogP contribution in [0.3, 0.4) is 0 Å². The maximum atomic E-state index is 13.3. The van der Waals surface area contributed by atoms with Crippen LogP contribution in [0.25, 0.3) is 22.2 Å². The fourth-order valence-electron chi connectivity index (χ4n) is 5.26. The van der Waals surface area contributed by atoms with Gasteiger partial charge in [0.1, 0.15) is 11.8 Å². The number of piperidine rings is 1. The first-order valence-electron chi connectivity index (χ1n) is 14.0. The summed E-state index contributed by atoms with van der Waals surface area (Å²) in [5, 5.41) is 10.5. The van der Waals surface area contributed by atoms with E-state index in [0.29, 0.717) is 25.8 Å². The van der Waals surface area contributed by atoms with Gasteiger partial charge in [-0.1, -0.05) is 67.8 Å². The van der Waals surface area contributed by atoms with Gasteiger partial charge in [0.15, 0.2) is 0 Å². The Balaban J connectivity index is 1.40. The van der Waals surface area contributed by atoms with Gasteiger partial charge in [0.25, 0.3) is 0 Å². The van der Waals surface area contributed by atoms with Crippen LogP contribution < -0.4 is 16.0 Å². The summed E-state index contributed by atoms with van der Waals surface area (Å²) in [5.74, 6) is -0.0680. The first kappa shape index (κ1) is 27.6. The van der Waals surface area contributed by atoms with Gasteiger partial charge < -0.3 is 25.7 Å². The molecule has 38 heavy (non-hydrogen) atoms. The second kappa shape index (κ2) is 13.9. The molecule has 1 saturated heterocycles. The van der Waals surface area contributed by atoms with Crippen molar-refractivity contribution in [3.63, 3.8) is 0 Å². The summed E-state index contributed by atoms with van der Waals surface area (Å²) in [6, 6.07) is 17.6. The highest BCUT2D eigenvalue weighted by Gasteiger charge is 2.26. The Morgan fingerprint density at radius 1 is 0.974 bits per heavy atom. The standard InChI is InChI=1S/C31H40N4O3/c1-22(36)12-4-2-7-18-28(35-31(38)27-17-10-11-20-32-27)30(37)33-21-19-25-24-15-8-9-16-26(24)34-29(25)23-13-5-3-6-14-23/h3,5-6,8-9,13-16,27-28,32,34H,2,4,7,10-12,17-21H2,1H3,(H,33,37)(H,35,38)/t27-,28?/m0/s1. The van der Waals surface area contributed by atoms with Crippen LogP contribution in [0.2, 0.25) is 0 Å². The average molecular weight is 517 g/mol. The van der Waals surface area contributed by atoms with Crippen molar-refractivity contribution in [3.8, 4) is 11.3 Å². The van der Waals surface area contributed by atoms with Gasteiger partial charge in [0.2, 0.25) is 11.8 Å². The summed E-state index contributed by atoms with van der Waals surface area (Å²) >= 11 is 0. The molecule has 4 rings (SSSR count). The maximum Gasteiger partial charge on any atom is 0.242 e. The number of unbranched alkanes of at least 4 members (excludes halogenated alkanes) is 2. The van der Waals surface area contributed by atoms with Crippen molar-refractivity contribution in [2.45, 2.75) is 76.8 Å². The van der Waals surface area contributed by atoms with Crippen LogP contribution in [0.1, 0.15) is 63.9 Å². The van der Waals surface area contributed by atoms with Gasteiger partial charge >= 0.3 is 0 Å². The molecule has 0 radical (unpaired) electrons. The number of ketones is 1. The van der Waals surface area contributed by atoms with Gasteiger partial charge in [0.05, 0.1) is 6.04 Å². The molecule has 0 spiro atoms. The van der Waals surface area contributed by atoms with E-state index in [4.69, 9.17) is 0 Å². The Morgan fingerprint density at radius 3 is 2.53 bits per heavy atom. The number of aromatic nitrogens is 1. The Hall–Kier alpha value is -3.45. The van der Waals surface area contributed by atoms with Crippen LogP contribution >= 0.6 is 0 Å². The number of benzene rings is 2. The molecule has 2 heterocycles. The van der Waals surface area contributed by atoms with Crippen molar-refractivity contribution in [3.05, 3.63) is 60.2 Å². The molecule has 1 aliphatic rings. The second-order valence-corrected chi connectivity index (χ2v) is 10.3. The van der Waals surface area contributed by atoms with Gasteiger partial charge in [0, 0.05) is 29.6 Å². The lowest BCUT2D eigenvalue weighted by molar-refractivity contribution is -0.130. The third-order valence-electron chi connectivity index (χ3n) is 7.33. The van der Waals surface area contributed by atoms with E-state index in [0.717, 1.165) is 67.2 Å². The number of Topliss-reactive ketones (excluding diaryl/α,β-unsaturated/α-hetero) is 1. The number of rotatable bonds is 13. The molecular formula is C31H40N4O3. The molecule has 3 aromatic rings. The van der Waals surface area contributed by atoms with Crippen molar-refractivity contribution < 1.29 is 14.4 Å². The number of nitrogens with one attached hydrogen (secondary N) is 4. The molecule has 0 saturated carbocycles. The zero-order valence-electron chi connectivity index (χ0n) is 22.4. The molecule has 2 amide bonds. The number of carbonyl (C=O) groups is 3. The van der Waals surface area contributed by atoms with Crippen LogP contribution in [-0.4, -0.2) is 47.8 Å². The molecule has 0 aliphatic carbocycles. The van der Waals surface area contributed by atoms with Crippen LogP contribution in [-0.2, 0) is 20.8 Å². The number of hydrogen-bond acceptors (Lipinski definition) is 4. The molecule has 2 aromatic carbocycles. The number of amides is 2. The first-order chi connectivity index (χ1) is 18.5. The van der Waals surface area contributed by atoms with Gasteiger partial charge in [-0.3, -0.25) is 9.59 Å². The van der Waals surface area contributed by atoms with Crippen molar-refractivity contribution in [2.75, 3.05) is 13.1 Å². The van der Waals surface area contributed by atoms with E-state index in [1.807, 2.05) is 30.3 Å². The van der Waals surface area contributed by atoms with Crippen LogP contribution in [0.4, 0.5) is 0 Å². The number of aromatic amines is 1. The van der Waals surface area contributed by atoms with E-state index in [1.165, 1.54) is 5.56 Å². The maximum absolute atomic E-state index is 13.3. The molecule has 7 nitrogen and oxygen atoms in total. The Kier molecular flexibility index (Phi) is 10.1. The highest BCUT2D eigenvalue weighted by molar-refractivity contribution is 5.91. The molecule has 1 aromatic heterocycles. The zero-order valence-corrected chi connectivity index (χ0v) is 22.4. The summed E-state index contributed by atoms with van der Waals surface area (Å²) in [4.78, 5) is 41.0. The van der Waals surface area contributed by atoms with E-state index in [2.05, 4.69) is 45.2 Å². The molecule has 2 atom stereocenters. The van der Waals surface area contributed by atoms with Gasteiger partial charge in [-0.05, 0) is 62.8 Å². The highest BCUT2D eigenvalue weighted by atomic mass is 16.2. The monoisotopic (exact) mass is 516 g/mol. The predicted molar refractivity (Wildman–Crippen MR) is 152 cm³/mol. The SMILES string of the molecule is CC(=O)CCCCCC(NC(=O)[C@@H]1CCCCN1)C(=O)NCCc1c(-c2ccccc2)[nH]c2ccccc12. The van der Waals surface area contributed by atoms with Crippen LogP contribution in [0.5, 0.6) is 0 Å². The summed E-state index contributed by atoms with van der Waals surface area (Å²) in [6.07, 6.45) is 7.12. The number of para-hydroxylation sites is 1. The molecule has 7 heteroatoms.